The maximum absolute atomic E-state index is 12.7. The van der Waals surface area contributed by atoms with Crippen molar-refractivity contribution in [3.05, 3.63) is 34.9 Å². The molecule has 0 spiro atoms. The van der Waals surface area contributed by atoms with Crippen LogP contribution in [0.15, 0.2) is 24.3 Å². The van der Waals surface area contributed by atoms with Gasteiger partial charge in [0.05, 0.1) is 12.1 Å². The molecule has 0 saturated carbocycles. The Labute approximate surface area is 154 Å². The number of halogens is 1. The molecular weight excluding hydrogens is 338 g/mol. The van der Waals surface area contributed by atoms with Crippen LogP contribution in [0.1, 0.15) is 24.8 Å². The third-order valence-corrected chi connectivity index (χ3v) is 6.39. The monoisotopic (exact) mass is 363 g/mol. The highest BCUT2D eigenvalue weighted by Crippen LogP contribution is 2.48. The molecule has 3 aliphatic heterocycles. The van der Waals surface area contributed by atoms with Gasteiger partial charge in [0.15, 0.2) is 0 Å². The summed E-state index contributed by atoms with van der Waals surface area (Å²) >= 11 is 6.34. The van der Waals surface area contributed by atoms with Crippen LogP contribution < -0.4 is 10.6 Å². The molecule has 0 bridgehead atoms. The second-order valence-electron chi connectivity index (χ2n) is 7.34. The molecule has 4 rings (SSSR count). The summed E-state index contributed by atoms with van der Waals surface area (Å²) in [7, 11) is 0. The average Bonchev–Trinajstić information content (AvgIpc) is 3.09. The Morgan fingerprint density at radius 2 is 2.08 bits per heavy atom. The first-order chi connectivity index (χ1) is 12.2. The molecule has 2 atom stereocenters. The van der Waals surface area contributed by atoms with Crippen LogP contribution in [0, 0.1) is 11.8 Å². The number of nitrogens with zero attached hydrogens (tertiary/aromatic N) is 1. The minimum atomic E-state index is -0.328. The van der Waals surface area contributed by atoms with Gasteiger partial charge >= 0.3 is 6.03 Å². The van der Waals surface area contributed by atoms with E-state index < -0.39 is 0 Å². The van der Waals surface area contributed by atoms with Gasteiger partial charge in [-0.25, -0.2) is 4.79 Å². The third-order valence-electron chi connectivity index (χ3n) is 6.15. The molecule has 0 radical (unpaired) electrons. The van der Waals surface area contributed by atoms with Gasteiger partial charge in [-0.1, -0.05) is 23.7 Å². The number of urea groups is 1. The Bertz CT molecular complexity index is 635. The Morgan fingerprint density at radius 1 is 1.24 bits per heavy atom. The fraction of sp³-hybridized carbons (Fsp3) is 0.632. The number of ether oxygens (including phenoxy) is 1. The summed E-state index contributed by atoms with van der Waals surface area (Å²) in [6.07, 6.45) is 3.09. The number of carbonyl (C=O) groups excluding carboxylic acids is 1. The summed E-state index contributed by atoms with van der Waals surface area (Å²) in [6, 6.07) is 8.13. The van der Waals surface area contributed by atoms with E-state index in [4.69, 9.17) is 16.3 Å². The number of piperidine rings is 1. The van der Waals surface area contributed by atoms with Crippen molar-refractivity contribution in [2.45, 2.75) is 24.8 Å². The van der Waals surface area contributed by atoms with Crippen molar-refractivity contribution in [3.8, 4) is 0 Å². The fourth-order valence-electron chi connectivity index (χ4n) is 4.99. The first-order valence-electron chi connectivity index (χ1n) is 9.32. The van der Waals surface area contributed by atoms with Crippen molar-refractivity contribution >= 4 is 17.6 Å². The number of rotatable bonds is 3. The van der Waals surface area contributed by atoms with Crippen LogP contribution in [0.4, 0.5) is 4.79 Å². The molecule has 2 N–H and O–H groups in total. The summed E-state index contributed by atoms with van der Waals surface area (Å²) in [6.45, 7) is 4.92. The van der Waals surface area contributed by atoms with Crippen LogP contribution in [0.25, 0.3) is 0 Å². The lowest BCUT2D eigenvalue weighted by molar-refractivity contribution is -0.0849. The van der Waals surface area contributed by atoms with E-state index in [-0.39, 0.29) is 11.6 Å². The molecule has 136 valence electrons. The molecule has 25 heavy (non-hydrogen) atoms. The largest absolute Gasteiger partial charge is 0.381 e. The lowest BCUT2D eigenvalue weighted by Gasteiger charge is -2.53. The van der Waals surface area contributed by atoms with Gasteiger partial charge in [0.25, 0.3) is 0 Å². The van der Waals surface area contributed by atoms with E-state index >= 15 is 0 Å². The number of nitrogens with one attached hydrogen (secondary N) is 2. The van der Waals surface area contributed by atoms with Gasteiger partial charge in [-0.05, 0) is 56.0 Å². The van der Waals surface area contributed by atoms with E-state index in [1.807, 2.05) is 18.2 Å². The Hall–Kier alpha value is -1.30. The molecule has 0 aliphatic carbocycles. The van der Waals surface area contributed by atoms with Crippen molar-refractivity contribution in [2.24, 2.45) is 11.8 Å². The topological polar surface area (TPSA) is 53.6 Å². The second-order valence-corrected chi connectivity index (χ2v) is 7.77. The Balaban J connectivity index is 1.80. The highest BCUT2D eigenvalue weighted by Gasteiger charge is 2.53. The highest BCUT2D eigenvalue weighted by atomic mass is 35.5. The molecule has 1 aromatic rings. The first kappa shape index (κ1) is 17.1. The zero-order valence-electron chi connectivity index (χ0n) is 14.5. The molecule has 3 fully saturated rings. The summed E-state index contributed by atoms with van der Waals surface area (Å²) in [5.74, 6) is 0.847. The zero-order valence-corrected chi connectivity index (χ0v) is 15.2. The molecule has 3 aliphatic rings. The van der Waals surface area contributed by atoms with Crippen molar-refractivity contribution in [2.75, 3.05) is 39.4 Å². The summed E-state index contributed by atoms with van der Waals surface area (Å²) in [5.41, 5.74) is 0.829. The molecular formula is C19H26ClN3O2. The smallest absolute Gasteiger partial charge is 0.318 e. The predicted molar refractivity (Wildman–Crippen MR) is 97.8 cm³/mol. The summed E-state index contributed by atoms with van der Waals surface area (Å²) in [5, 5.41) is 7.18. The third kappa shape index (κ3) is 3.03. The molecule has 3 saturated heterocycles. The fourth-order valence-corrected chi connectivity index (χ4v) is 5.18. The van der Waals surface area contributed by atoms with Gasteiger partial charge in [0.2, 0.25) is 0 Å². The second kappa shape index (κ2) is 7.14. The molecule has 5 nitrogen and oxygen atoms in total. The Morgan fingerprint density at radius 3 is 2.80 bits per heavy atom. The van der Waals surface area contributed by atoms with E-state index in [1.165, 1.54) is 0 Å². The van der Waals surface area contributed by atoms with Gasteiger partial charge in [0.1, 0.15) is 0 Å². The minimum absolute atomic E-state index is 0.0424. The molecule has 2 unspecified atom stereocenters. The minimum Gasteiger partial charge on any atom is -0.381 e. The first-order valence-corrected chi connectivity index (χ1v) is 9.69. The van der Waals surface area contributed by atoms with Crippen LogP contribution in [-0.4, -0.2) is 50.3 Å². The van der Waals surface area contributed by atoms with Gasteiger partial charge in [0, 0.05) is 30.6 Å². The van der Waals surface area contributed by atoms with Gasteiger partial charge in [-0.2, -0.15) is 0 Å². The molecule has 6 heteroatoms. The van der Waals surface area contributed by atoms with Crippen molar-refractivity contribution in [1.29, 1.82) is 0 Å². The van der Waals surface area contributed by atoms with Crippen LogP contribution in [0.5, 0.6) is 0 Å². The van der Waals surface area contributed by atoms with E-state index in [2.05, 4.69) is 21.6 Å². The van der Waals surface area contributed by atoms with Crippen LogP contribution in [-0.2, 0) is 10.3 Å². The number of carbonyl (C=O) groups is 1. The van der Waals surface area contributed by atoms with Crippen LogP contribution in [0.2, 0.25) is 5.02 Å². The molecule has 3 heterocycles. The normalized spacial score (nSPS) is 31.2. The highest BCUT2D eigenvalue weighted by molar-refractivity contribution is 6.30. The van der Waals surface area contributed by atoms with E-state index in [1.54, 1.807) is 0 Å². The van der Waals surface area contributed by atoms with Crippen molar-refractivity contribution in [3.63, 3.8) is 0 Å². The standard InChI is InChI=1S/C19H26ClN3O2/c20-16-3-1-2-15(12-16)19(23-10-9-22-18(23)24)6-11-25-13-17(19)14-4-7-21-8-5-14/h1-3,12,14,17,21H,4-11,13H2,(H,22,24). The summed E-state index contributed by atoms with van der Waals surface area (Å²) < 4.78 is 5.93. The molecule has 2 amide bonds. The van der Waals surface area contributed by atoms with Gasteiger partial charge < -0.3 is 20.3 Å². The van der Waals surface area contributed by atoms with Crippen LogP contribution >= 0.6 is 11.6 Å². The number of amides is 2. The van der Waals surface area contributed by atoms with Gasteiger partial charge in [-0.15, -0.1) is 0 Å². The lowest BCUT2D eigenvalue weighted by atomic mass is 9.66. The van der Waals surface area contributed by atoms with Gasteiger partial charge in [-0.3, -0.25) is 0 Å². The van der Waals surface area contributed by atoms with E-state index in [0.717, 1.165) is 49.5 Å². The lowest BCUT2D eigenvalue weighted by Crippen LogP contribution is -2.59. The number of hydrogen-bond acceptors (Lipinski definition) is 3. The van der Waals surface area contributed by atoms with E-state index in [0.29, 0.717) is 31.6 Å². The number of benzene rings is 1. The Kier molecular flexibility index (Phi) is 4.89. The zero-order chi connectivity index (χ0) is 17.3. The maximum atomic E-state index is 12.7. The number of hydrogen-bond donors (Lipinski definition) is 2. The quantitative estimate of drug-likeness (QED) is 0.868. The van der Waals surface area contributed by atoms with Crippen molar-refractivity contribution in [1.82, 2.24) is 15.5 Å². The van der Waals surface area contributed by atoms with E-state index in [9.17, 15) is 4.79 Å². The van der Waals surface area contributed by atoms with Crippen LogP contribution in [0.3, 0.4) is 0 Å². The summed E-state index contributed by atoms with van der Waals surface area (Å²) in [4.78, 5) is 14.8. The molecule has 0 aromatic heterocycles. The predicted octanol–water partition coefficient (Wildman–Crippen LogP) is 2.60. The molecule has 1 aromatic carbocycles. The van der Waals surface area contributed by atoms with Crippen molar-refractivity contribution < 1.29 is 9.53 Å². The maximum Gasteiger partial charge on any atom is 0.318 e. The SMILES string of the molecule is O=C1NCCN1C1(c2cccc(Cl)c2)CCOCC1C1CCNCC1. The average molecular weight is 364 g/mol.